The highest BCUT2D eigenvalue weighted by molar-refractivity contribution is 7.89. The quantitative estimate of drug-likeness (QED) is 0.619. The predicted octanol–water partition coefficient (Wildman–Crippen LogP) is 2.49. The molecule has 1 aliphatic carbocycles. The molecule has 1 amide bonds. The Bertz CT molecular complexity index is 877. The molecule has 31 heavy (non-hydrogen) atoms. The summed E-state index contributed by atoms with van der Waals surface area (Å²) in [7, 11) is -2.11. The van der Waals surface area contributed by atoms with E-state index in [9.17, 15) is 26.4 Å². The minimum atomic E-state index is -4.84. The van der Waals surface area contributed by atoms with Gasteiger partial charge in [0.05, 0.1) is 10.9 Å². The molecular weight excluding hydrogens is 435 g/mol. The lowest BCUT2D eigenvalue weighted by Crippen LogP contribution is -2.48. The summed E-state index contributed by atoms with van der Waals surface area (Å²) in [6.45, 7) is 2.62. The molecule has 0 unspecified atom stereocenters. The van der Waals surface area contributed by atoms with Crippen LogP contribution in [0.25, 0.3) is 0 Å². The number of nitrogens with one attached hydrogen (secondary N) is 2. The Hall–Kier alpha value is -1.85. The van der Waals surface area contributed by atoms with E-state index < -0.39 is 22.1 Å². The van der Waals surface area contributed by atoms with Crippen molar-refractivity contribution in [2.75, 3.05) is 20.1 Å². The molecule has 1 aromatic rings. The number of carbonyl (C=O) groups is 1. The second-order valence-corrected chi connectivity index (χ2v) is 10.0. The summed E-state index contributed by atoms with van der Waals surface area (Å²) in [5, 5.41) is 6.09. The van der Waals surface area contributed by atoms with Crippen LogP contribution in [0.2, 0.25) is 0 Å². The van der Waals surface area contributed by atoms with Crippen molar-refractivity contribution < 1.29 is 31.1 Å². The van der Waals surface area contributed by atoms with Crippen LogP contribution in [0.1, 0.15) is 32.6 Å². The van der Waals surface area contributed by atoms with Crippen LogP contribution < -0.4 is 15.4 Å². The van der Waals surface area contributed by atoms with Crippen molar-refractivity contribution in [2.45, 2.75) is 55.9 Å². The van der Waals surface area contributed by atoms with Gasteiger partial charge in [0.15, 0.2) is 0 Å². The van der Waals surface area contributed by atoms with Crippen molar-refractivity contribution in [2.24, 2.45) is 11.8 Å². The SMILES string of the molecule is CCC[C@H](NC)C(=O)N[C@H]1CC[C@@H]2CN(S(=O)(=O)c3ccc(OC(F)(F)F)cc3)C[C@@H]21. The van der Waals surface area contributed by atoms with Crippen molar-refractivity contribution in [1.29, 1.82) is 0 Å². The van der Waals surface area contributed by atoms with Crippen molar-refractivity contribution in [3.8, 4) is 5.75 Å². The van der Waals surface area contributed by atoms with Gasteiger partial charge in [-0.2, -0.15) is 4.31 Å². The summed E-state index contributed by atoms with van der Waals surface area (Å²) in [6, 6.07) is 3.85. The first kappa shape index (κ1) is 23.8. The molecular formula is C20H28F3N3O4S. The summed E-state index contributed by atoms with van der Waals surface area (Å²) in [6.07, 6.45) is -1.62. The van der Waals surface area contributed by atoms with E-state index in [1.165, 1.54) is 4.31 Å². The maximum Gasteiger partial charge on any atom is 0.573 e. The topological polar surface area (TPSA) is 87.7 Å². The molecule has 1 aliphatic heterocycles. The van der Waals surface area contributed by atoms with Crippen LogP contribution in [0.15, 0.2) is 29.2 Å². The van der Waals surface area contributed by atoms with Crippen molar-refractivity contribution in [3.05, 3.63) is 24.3 Å². The van der Waals surface area contributed by atoms with Gasteiger partial charge in [-0.15, -0.1) is 13.2 Å². The Kier molecular flexibility index (Phi) is 7.17. The zero-order chi connectivity index (χ0) is 22.8. The summed E-state index contributed by atoms with van der Waals surface area (Å²) < 4.78 is 68.1. The van der Waals surface area contributed by atoms with Crippen LogP contribution in [0.3, 0.4) is 0 Å². The molecule has 1 saturated heterocycles. The number of sulfonamides is 1. The van der Waals surface area contributed by atoms with Crippen LogP contribution in [-0.2, 0) is 14.8 Å². The molecule has 11 heteroatoms. The molecule has 0 radical (unpaired) electrons. The van der Waals surface area contributed by atoms with Crippen LogP contribution >= 0.6 is 0 Å². The monoisotopic (exact) mass is 463 g/mol. The first-order valence-electron chi connectivity index (χ1n) is 10.4. The van der Waals surface area contributed by atoms with Gasteiger partial charge >= 0.3 is 6.36 Å². The number of fused-ring (bicyclic) bond motifs is 1. The zero-order valence-electron chi connectivity index (χ0n) is 17.5. The Balaban J connectivity index is 1.66. The fourth-order valence-electron chi connectivity index (χ4n) is 4.54. The number of hydrogen-bond acceptors (Lipinski definition) is 5. The number of likely N-dealkylation sites (N-methyl/N-ethyl adjacent to an activating group) is 1. The maximum atomic E-state index is 13.0. The Morgan fingerprint density at radius 2 is 1.90 bits per heavy atom. The minimum Gasteiger partial charge on any atom is -0.406 e. The second-order valence-electron chi connectivity index (χ2n) is 8.09. The molecule has 174 valence electrons. The van der Waals surface area contributed by atoms with Gasteiger partial charge in [0.2, 0.25) is 15.9 Å². The number of rotatable bonds is 8. The number of carbonyl (C=O) groups excluding carboxylic acids is 1. The fourth-order valence-corrected chi connectivity index (χ4v) is 6.08. The molecule has 3 rings (SSSR count). The average Bonchev–Trinajstić information content (AvgIpc) is 3.27. The third kappa shape index (κ3) is 5.50. The van der Waals surface area contributed by atoms with Crippen LogP contribution in [0.5, 0.6) is 5.75 Å². The highest BCUT2D eigenvalue weighted by Gasteiger charge is 2.47. The van der Waals surface area contributed by atoms with E-state index in [2.05, 4.69) is 15.4 Å². The van der Waals surface area contributed by atoms with Gasteiger partial charge in [-0.3, -0.25) is 4.79 Å². The number of benzene rings is 1. The maximum absolute atomic E-state index is 13.0. The third-order valence-electron chi connectivity index (χ3n) is 6.09. The van der Waals surface area contributed by atoms with Crippen molar-refractivity contribution in [1.82, 2.24) is 14.9 Å². The molecule has 0 spiro atoms. The standard InChI is InChI=1S/C20H28F3N3O4S/c1-3-4-18(24-2)19(27)25-17-10-5-13-11-26(12-16(13)17)31(28,29)15-8-6-14(7-9-15)30-20(21,22)23/h6-9,13,16-18,24H,3-5,10-12H2,1-2H3,(H,25,27)/t13-,16+,17+,18+/m1/s1. The molecule has 4 atom stereocenters. The predicted molar refractivity (Wildman–Crippen MR) is 108 cm³/mol. The Morgan fingerprint density at radius 1 is 1.23 bits per heavy atom. The molecule has 0 aromatic heterocycles. The van der Waals surface area contributed by atoms with Gasteiger partial charge in [-0.25, -0.2) is 8.42 Å². The lowest BCUT2D eigenvalue weighted by molar-refractivity contribution is -0.274. The molecule has 1 aromatic carbocycles. The zero-order valence-corrected chi connectivity index (χ0v) is 18.3. The van der Waals surface area contributed by atoms with Crippen molar-refractivity contribution >= 4 is 15.9 Å². The Morgan fingerprint density at radius 3 is 2.48 bits per heavy atom. The van der Waals surface area contributed by atoms with E-state index in [0.717, 1.165) is 49.9 Å². The number of halogens is 3. The van der Waals surface area contributed by atoms with Crippen LogP contribution in [0, 0.1) is 11.8 Å². The normalized spacial score (nSPS) is 25.3. The highest BCUT2D eigenvalue weighted by atomic mass is 32.2. The third-order valence-corrected chi connectivity index (χ3v) is 7.93. The van der Waals surface area contributed by atoms with Gasteiger partial charge in [0.1, 0.15) is 5.75 Å². The second kappa shape index (κ2) is 9.33. The minimum absolute atomic E-state index is 0.0192. The summed E-state index contributed by atoms with van der Waals surface area (Å²) in [4.78, 5) is 12.5. The van der Waals surface area contributed by atoms with Gasteiger partial charge in [0.25, 0.3) is 0 Å². The van der Waals surface area contributed by atoms with Crippen molar-refractivity contribution in [3.63, 3.8) is 0 Å². The van der Waals surface area contributed by atoms with Gasteiger partial charge in [-0.05, 0) is 62.4 Å². The van der Waals surface area contributed by atoms with E-state index in [1.807, 2.05) is 6.92 Å². The largest absolute Gasteiger partial charge is 0.573 e. The number of amides is 1. The lowest BCUT2D eigenvalue weighted by Gasteiger charge is -2.24. The average molecular weight is 464 g/mol. The van der Waals surface area contributed by atoms with Crippen LogP contribution in [-0.4, -0.2) is 57.2 Å². The summed E-state index contributed by atoms with van der Waals surface area (Å²) >= 11 is 0. The molecule has 2 N–H and O–H groups in total. The molecule has 1 heterocycles. The number of nitrogens with zero attached hydrogens (tertiary/aromatic N) is 1. The molecule has 2 fully saturated rings. The van der Waals surface area contributed by atoms with E-state index in [4.69, 9.17) is 0 Å². The summed E-state index contributed by atoms with van der Waals surface area (Å²) in [5.74, 6) is -0.381. The lowest BCUT2D eigenvalue weighted by atomic mass is 9.97. The van der Waals surface area contributed by atoms with E-state index in [0.29, 0.717) is 6.54 Å². The number of ether oxygens (including phenoxy) is 1. The van der Waals surface area contributed by atoms with Gasteiger partial charge in [-0.1, -0.05) is 13.3 Å². The Labute approximate surface area is 180 Å². The first-order valence-corrected chi connectivity index (χ1v) is 11.8. The van der Waals surface area contributed by atoms with E-state index in [1.54, 1.807) is 7.05 Å². The van der Waals surface area contributed by atoms with E-state index >= 15 is 0 Å². The number of alkyl halides is 3. The van der Waals surface area contributed by atoms with Gasteiger partial charge < -0.3 is 15.4 Å². The molecule has 2 aliphatic rings. The molecule has 1 saturated carbocycles. The van der Waals surface area contributed by atoms with Crippen LogP contribution in [0.4, 0.5) is 13.2 Å². The number of hydrogen-bond donors (Lipinski definition) is 2. The van der Waals surface area contributed by atoms with Gasteiger partial charge in [0, 0.05) is 19.1 Å². The van der Waals surface area contributed by atoms with E-state index in [-0.39, 0.29) is 41.3 Å². The fraction of sp³-hybridized carbons (Fsp3) is 0.650. The summed E-state index contributed by atoms with van der Waals surface area (Å²) in [5.41, 5.74) is 0. The molecule has 7 nitrogen and oxygen atoms in total. The smallest absolute Gasteiger partial charge is 0.406 e. The highest BCUT2D eigenvalue weighted by Crippen LogP contribution is 2.40. The molecule has 0 bridgehead atoms. The first-order chi connectivity index (χ1) is 14.5.